The maximum absolute atomic E-state index is 12.2. The minimum Gasteiger partial charge on any atom is -0.493 e. The smallest absolute Gasteiger partial charge is 0.253 e. The summed E-state index contributed by atoms with van der Waals surface area (Å²) in [7, 11) is 0. The molecule has 0 aliphatic carbocycles. The monoisotopic (exact) mass is 391 g/mol. The predicted octanol–water partition coefficient (Wildman–Crippen LogP) is 2.90. The van der Waals surface area contributed by atoms with Crippen molar-refractivity contribution < 1.29 is 14.3 Å². The topological polar surface area (TPSA) is 93.4 Å². The highest BCUT2D eigenvalue weighted by atomic mass is 35.5. The van der Waals surface area contributed by atoms with Crippen molar-refractivity contribution in [2.75, 3.05) is 25.0 Å². The van der Waals surface area contributed by atoms with E-state index in [2.05, 4.69) is 10.6 Å². The Morgan fingerprint density at radius 1 is 1.07 bits per heavy atom. The second-order valence-corrected chi connectivity index (χ2v) is 5.86. The SMILES string of the molecule is Cc1ccccc1OCCCC(=O)Nc1ccccc1C(=O)NCCN.Cl. The molecule has 0 saturated heterocycles. The third kappa shape index (κ3) is 7.29. The van der Waals surface area contributed by atoms with E-state index in [1.54, 1.807) is 24.3 Å². The Morgan fingerprint density at radius 3 is 2.52 bits per heavy atom. The van der Waals surface area contributed by atoms with Crippen molar-refractivity contribution in [1.29, 1.82) is 0 Å². The van der Waals surface area contributed by atoms with Crippen LogP contribution in [0.5, 0.6) is 5.75 Å². The van der Waals surface area contributed by atoms with Crippen molar-refractivity contribution >= 4 is 29.9 Å². The van der Waals surface area contributed by atoms with Crippen LogP contribution in [-0.2, 0) is 4.79 Å². The standard InChI is InChI=1S/C20H25N3O3.ClH/c1-15-7-2-5-10-18(15)26-14-6-11-19(24)23-17-9-4-3-8-16(17)20(25)22-13-12-21;/h2-5,7-10H,6,11-14,21H2,1H3,(H,22,25)(H,23,24);1H. The van der Waals surface area contributed by atoms with Gasteiger partial charge in [-0.15, -0.1) is 12.4 Å². The molecule has 0 fully saturated rings. The van der Waals surface area contributed by atoms with Gasteiger partial charge in [0.05, 0.1) is 17.9 Å². The molecule has 4 N–H and O–H groups in total. The van der Waals surface area contributed by atoms with E-state index >= 15 is 0 Å². The van der Waals surface area contributed by atoms with Gasteiger partial charge in [-0.25, -0.2) is 0 Å². The van der Waals surface area contributed by atoms with Crippen LogP contribution in [0, 0.1) is 6.92 Å². The molecule has 0 spiro atoms. The molecule has 0 unspecified atom stereocenters. The summed E-state index contributed by atoms with van der Waals surface area (Å²) in [5, 5.41) is 5.49. The molecule has 2 amide bonds. The molecule has 0 aliphatic rings. The number of nitrogens with two attached hydrogens (primary N) is 1. The molecule has 0 atom stereocenters. The minimum atomic E-state index is -0.255. The average molecular weight is 392 g/mol. The van der Waals surface area contributed by atoms with Gasteiger partial charge in [-0.1, -0.05) is 30.3 Å². The number of ether oxygens (including phenoxy) is 1. The van der Waals surface area contributed by atoms with Gasteiger partial charge in [0.1, 0.15) is 5.75 Å². The first kappa shape index (κ1) is 22.5. The number of hydrogen-bond donors (Lipinski definition) is 3. The summed E-state index contributed by atoms with van der Waals surface area (Å²) in [5.41, 5.74) is 7.38. The lowest BCUT2D eigenvalue weighted by molar-refractivity contribution is -0.116. The highest BCUT2D eigenvalue weighted by Crippen LogP contribution is 2.17. The Kier molecular flexibility index (Phi) is 9.93. The summed E-state index contributed by atoms with van der Waals surface area (Å²) in [6.45, 7) is 3.18. The molecule has 27 heavy (non-hydrogen) atoms. The van der Waals surface area contributed by atoms with Gasteiger partial charge in [0.15, 0.2) is 0 Å². The second kappa shape index (κ2) is 11.9. The van der Waals surface area contributed by atoms with Crippen molar-refractivity contribution in [2.45, 2.75) is 19.8 Å². The van der Waals surface area contributed by atoms with Crippen molar-refractivity contribution in [2.24, 2.45) is 5.73 Å². The number of carbonyl (C=O) groups excluding carboxylic acids is 2. The molecular formula is C20H26ClN3O3. The number of aryl methyl sites for hydroxylation is 1. The number of benzene rings is 2. The molecule has 146 valence electrons. The molecule has 2 rings (SSSR count). The molecule has 2 aromatic rings. The van der Waals surface area contributed by atoms with E-state index in [4.69, 9.17) is 10.5 Å². The van der Waals surface area contributed by atoms with E-state index < -0.39 is 0 Å². The van der Waals surface area contributed by atoms with Crippen molar-refractivity contribution in [3.63, 3.8) is 0 Å². The molecule has 0 heterocycles. The minimum absolute atomic E-state index is 0. The van der Waals surface area contributed by atoms with Crippen LogP contribution in [0.4, 0.5) is 5.69 Å². The highest BCUT2D eigenvalue weighted by molar-refractivity contribution is 6.03. The fourth-order valence-corrected chi connectivity index (χ4v) is 2.42. The molecule has 6 nitrogen and oxygen atoms in total. The molecule has 0 radical (unpaired) electrons. The summed E-state index contributed by atoms with van der Waals surface area (Å²) in [4.78, 5) is 24.3. The lowest BCUT2D eigenvalue weighted by Gasteiger charge is -2.12. The second-order valence-electron chi connectivity index (χ2n) is 5.86. The lowest BCUT2D eigenvalue weighted by Crippen LogP contribution is -2.30. The highest BCUT2D eigenvalue weighted by Gasteiger charge is 2.12. The van der Waals surface area contributed by atoms with E-state index in [0.29, 0.717) is 43.8 Å². The van der Waals surface area contributed by atoms with Gasteiger partial charge in [0, 0.05) is 19.5 Å². The van der Waals surface area contributed by atoms with Crippen LogP contribution in [-0.4, -0.2) is 31.5 Å². The number of halogens is 1. The molecular weight excluding hydrogens is 366 g/mol. The summed E-state index contributed by atoms with van der Waals surface area (Å²) in [5.74, 6) is 0.418. The normalized spacial score (nSPS) is 9.85. The summed E-state index contributed by atoms with van der Waals surface area (Å²) in [6.07, 6.45) is 0.895. The maximum atomic E-state index is 12.2. The molecule has 2 aromatic carbocycles. The van der Waals surface area contributed by atoms with Gasteiger partial charge in [0.2, 0.25) is 5.91 Å². The van der Waals surface area contributed by atoms with Gasteiger partial charge in [-0.05, 0) is 37.1 Å². The molecule has 0 aromatic heterocycles. The third-order valence-corrected chi connectivity index (χ3v) is 3.78. The first-order valence-electron chi connectivity index (χ1n) is 8.67. The van der Waals surface area contributed by atoms with Gasteiger partial charge in [-0.3, -0.25) is 9.59 Å². The zero-order chi connectivity index (χ0) is 18.8. The van der Waals surface area contributed by atoms with Crippen molar-refractivity contribution in [3.05, 3.63) is 59.7 Å². The quantitative estimate of drug-likeness (QED) is 0.573. The summed E-state index contributed by atoms with van der Waals surface area (Å²) < 4.78 is 5.69. The van der Waals surface area contributed by atoms with Crippen molar-refractivity contribution in [1.82, 2.24) is 5.32 Å². The number of rotatable bonds is 9. The number of nitrogens with one attached hydrogen (secondary N) is 2. The summed E-state index contributed by atoms with van der Waals surface area (Å²) >= 11 is 0. The van der Waals surface area contributed by atoms with Crippen LogP contribution in [0.15, 0.2) is 48.5 Å². The fourth-order valence-electron chi connectivity index (χ4n) is 2.42. The van der Waals surface area contributed by atoms with Gasteiger partial charge in [0.25, 0.3) is 5.91 Å². The Balaban J connectivity index is 0.00000364. The Labute approximate surface area is 165 Å². The van der Waals surface area contributed by atoms with E-state index in [-0.39, 0.29) is 24.2 Å². The van der Waals surface area contributed by atoms with Gasteiger partial charge < -0.3 is 21.1 Å². The van der Waals surface area contributed by atoms with E-state index in [9.17, 15) is 9.59 Å². The third-order valence-electron chi connectivity index (χ3n) is 3.78. The van der Waals surface area contributed by atoms with Crippen LogP contribution >= 0.6 is 12.4 Å². The number of carbonyl (C=O) groups is 2. The van der Waals surface area contributed by atoms with Crippen LogP contribution in [0.1, 0.15) is 28.8 Å². The van der Waals surface area contributed by atoms with Crippen LogP contribution in [0.3, 0.4) is 0 Å². The Bertz CT molecular complexity index is 753. The van der Waals surface area contributed by atoms with Crippen molar-refractivity contribution in [3.8, 4) is 5.75 Å². The van der Waals surface area contributed by atoms with Crippen LogP contribution in [0.2, 0.25) is 0 Å². The zero-order valence-electron chi connectivity index (χ0n) is 15.4. The van der Waals surface area contributed by atoms with E-state index in [0.717, 1.165) is 11.3 Å². The van der Waals surface area contributed by atoms with Gasteiger partial charge >= 0.3 is 0 Å². The molecule has 7 heteroatoms. The summed E-state index contributed by atoms with van der Waals surface area (Å²) in [6, 6.07) is 14.7. The van der Waals surface area contributed by atoms with E-state index in [1.165, 1.54) is 0 Å². The van der Waals surface area contributed by atoms with Crippen LogP contribution in [0.25, 0.3) is 0 Å². The number of amides is 2. The first-order valence-corrected chi connectivity index (χ1v) is 8.67. The van der Waals surface area contributed by atoms with E-state index in [1.807, 2.05) is 31.2 Å². The Hall–Kier alpha value is -2.57. The van der Waals surface area contributed by atoms with Crippen LogP contribution < -0.4 is 21.1 Å². The molecule has 0 aliphatic heterocycles. The van der Waals surface area contributed by atoms with Gasteiger partial charge in [-0.2, -0.15) is 0 Å². The predicted molar refractivity (Wildman–Crippen MR) is 110 cm³/mol. The Morgan fingerprint density at radius 2 is 1.78 bits per heavy atom. The zero-order valence-corrected chi connectivity index (χ0v) is 16.2. The number of anilines is 1. The molecule has 0 bridgehead atoms. The first-order chi connectivity index (χ1) is 12.6. The largest absolute Gasteiger partial charge is 0.493 e. The molecule has 0 saturated carbocycles. The lowest BCUT2D eigenvalue weighted by atomic mass is 10.1. The fraction of sp³-hybridized carbons (Fsp3) is 0.300. The number of hydrogen-bond acceptors (Lipinski definition) is 4. The maximum Gasteiger partial charge on any atom is 0.253 e. The number of para-hydroxylation sites is 2. The average Bonchev–Trinajstić information content (AvgIpc) is 2.65.